The molecule has 188 valence electrons. The van der Waals surface area contributed by atoms with Crippen molar-refractivity contribution in [3.8, 4) is 17.4 Å². The van der Waals surface area contributed by atoms with Crippen LogP contribution in [-0.4, -0.2) is 51.3 Å². The van der Waals surface area contributed by atoms with E-state index < -0.39 is 59.2 Å². The molecule has 1 heterocycles. The van der Waals surface area contributed by atoms with Crippen LogP contribution in [0.15, 0.2) is 47.3 Å². The number of hydrogen-bond acceptors (Lipinski definition) is 7. The number of rotatable bonds is 8. The van der Waals surface area contributed by atoms with Crippen molar-refractivity contribution in [3.63, 3.8) is 0 Å². The van der Waals surface area contributed by atoms with Gasteiger partial charge in [-0.3, -0.25) is 23.7 Å². The Kier molecular flexibility index (Phi) is 8.07. The molecule has 3 rings (SSSR count). The van der Waals surface area contributed by atoms with Crippen LogP contribution in [0.5, 0.6) is 17.4 Å². The van der Waals surface area contributed by atoms with E-state index >= 15 is 0 Å². The van der Waals surface area contributed by atoms with E-state index in [-0.39, 0.29) is 22.0 Å². The molecule has 0 aliphatic carbocycles. The molecular formula is C23H19Cl2N3O8. The van der Waals surface area contributed by atoms with Gasteiger partial charge in [0.05, 0.1) is 19.3 Å². The number of anilines is 1. The van der Waals surface area contributed by atoms with Gasteiger partial charge in [-0.2, -0.15) is 0 Å². The summed E-state index contributed by atoms with van der Waals surface area (Å²) in [5, 5.41) is 35.1. The third-order valence-electron chi connectivity index (χ3n) is 4.96. The fourth-order valence-corrected chi connectivity index (χ4v) is 3.72. The summed E-state index contributed by atoms with van der Waals surface area (Å²) in [6.45, 7) is -1.28. The Morgan fingerprint density at radius 1 is 1.03 bits per heavy atom. The van der Waals surface area contributed by atoms with Gasteiger partial charge in [-0.15, -0.1) is 0 Å². The summed E-state index contributed by atoms with van der Waals surface area (Å²) in [7, 11) is 1.36. The number of nitrogens with one attached hydrogen (secondary N) is 2. The summed E-state index contributed by atoms with van der Waals surface area (Å²) >= 11 is 12.1. The smallest absolute Gasteiger partial charge is 0.322 e. The molecule has 3 aromatic rings. The number of amides is 2. The second-order valence-corrected chi connectivity index (χ2v) is 8.12. The molecule has 0 bridgehead atoms. The van der Waals surface area contributed by atoms with Crippen LogP contribution in [0.1, 0.15) is 26.3 Å². The standard InChI is InChI=1S/C23H19Cl2N3O8/c1-36-15-5-3-2-4-14(15)27-21(33)18-19(31)17(20(32)26-9-16(29)30)22(34)28(23(18)35)10-11-6-7-12(24)8-13(11)25/h2-8,31,34H,9-10H2,1H3,(H,26,32)(H,27,33)(H,29,30). The van der Waals surface area contributed by atoms with Crippen LogP contribution in [0.25, 0.3) is 0 Å². The largest absolute Gasteiger partial charge is 0.506 e. The molecule has 5 N–H and O–H groups in total. The number of carbonyl (C=O) groups is 3. The molecule has 0 fully saturated rings. The highest BCUT2D eigenvalue weighted by molar-refractivity contribution is 6.35. The second kappa shape index (κ2) is 11.0. The summed E-state index contributed by atoms with van der Waals surface area (Å²) in [5.41, 5.74) is -2.48. The third kappa shape index (κ3) is 5.53. The molecule has 0 aliphatic heterocycles. The zero-order valence-electron chi connectivity index (χ0n) is 18.5. The van der Waals surface area contributed by atoms with Crippen molar-refractivity contribution in [2.45, 2.75) is 6.54 Å². The van der Waals surface area contributed by atoms with Crippen LogP contribution >= 0.6 is 23.2 Å². The number of aromatic hydroxyl groups is 2. The lowest BCUT2D eigenvalue weighted by Gasteiger charge is -2.17. The van der Waals surface area contributed by atoms with Crippen molar-refractivity contribution in [1.29, 1.82) is 0 Å². The van der Waals surface area contributed by atoms with E-state index in [1.54, 1.807) is 12.1 Å². The summed E-state index contributed by atoms with van der Waals surface area (Å²) in [6.07, 6.45) is 0. The van der Waals surface area contributed by atoms with Gasteiger partial charge in [0.15, 0.2) is 5.75 Å². The average molecular weight is 536 g/mol. The van der Waals surface area contributed by atoms with E-state index in [4.69, 9.17) is 33.0 Å². The number of halogens is 2. The summed E-state index contributed by atoms with van der Waals surface area (Å²) in [5.74, 6) is -5.68. The SMILES string of the molecule is COc1ccccc1NC(=O)c1c(O)c(C(=O)NCC(=O)O)c(O)n(Cc2ccc(Cl)cc2Cl)c1=O. The molecule has 1 aromatic heterocycles. The molecule has 2 aromatic carbocycles. The van der Waals surface area contributed by atoms with Gasteiger partial charge in [0, 0.05) is 10.0 Å². The summed E-state index contributed by atoms with van der Waals surface area (Å²) < 4.78 is 5.80. The molecule has 0 aliphatic rings. The fraction of sp³-hybridized carbons (Fsp3) is 0.130. The minimum absolute atomic E-state index is 0.124. The number of carboxylic acid groups (broad SMARTS) is 1. The molecular weight excluding hydrogens is 517 g/mol. The minimum atomic E-state index is -1.40. The number of benzene rings is 2. The lowest BCUT2D eigenvalue weighted by Crippen LogP contribution is -2.34. The lowest BCUT2D eigenvalue weighted by molar-refractivity contribution is -0.135. The molecule has 0 saturated heterocycles. The predicted octanol–water partition coefficient (Wildman–Crippen LogP) is 2.69. The molecule has 2 amide bonds. The van der Waals surface area contributed by atoms with E-state index in [1.807, 2.05) is 5.32 Å². The second-order valence-electron chi connectivity index (χ2n) is 7.28. The zero-order valence-corrected chi connectivity index (χ0v) is 20.1. The van der Waals surface area contributed by atoms with Crippen molar-refractivity contribution < 1.29 is 34.4 Å². The first kappa shape index (κ1) is 26.4. The molecule has 0 unspecified atom stereocenters. The number of nitrogens with zero attached hydrogens (tertiary/aromatic N) is 1. The number of carboxylic acids is 1. The molecule has 0 radical (unpaired) electrons. The highest BCUT2D eigenvalue weighted by Gasteiger charge is 2.30. The van der Waals surface area contributed by atoms with E-state index in [2.05, 4.69) is 5.32 Å². The van der Waals surface area contributed by atoms with Crippen molar-refractivity contribution in [1.82, 2.24) is 9.88 Å². The summed E-state index contributed by atoms with van der Waals surface area (Å²) in [6, 6.07) is 10.6. The number of para-hydroxylation sites is 2. The molecule has 0 spiro atoms. The monoisotopic (exact) mass is 535 g/mol. The van der Waals surface area contributed by atoms with Gasteiger partial charge in [0.25, 0.3) is 17.4 Å². The maximum absolute atomic E-state index is 13.3. The van der Waals surface area contributed by atoms with Gasteiger partial charge in [-0.25, -0.2) is 0 Å². The van der Waals surface area contributed by atoms with Crippen molar-refractivity contribution in [3.05, 3.63) is 79.6 Å². The zero-order chi connectivity index (χ0) is 26.6. The first-order chi connectivity index (χ1) is 17.0. The van der Waals surface area contributed by atoms with E-state index in [9.17, 15) is 29.4 Å². The van der Waals surface area contributed by atoms with Crippen LogP contribution in [0.2, 0.25) is 10.0 Å². The predicted molar refractivity (Wildman–Crippen MR) is 131 cm³/mol. The van der Waals surface area contributed by atoms with Gasteiger partial charge in [-0.05, 0) is 29.8 Å². The van der Waals surface area contributed by atoms with E-state index in [0.29, 0.717) is 9.59 Å². The van der Waals surface area contributed by atoms with Crippen molar-refractivity contribution >= 4 is 46.7 Å². The number of hydrogen-bond donors (Lipinski definition) is 5. The Hall–Kier alpha value is -4.22. The van der Waals surface area contributed by atoms with Crippen LogP contribution in [0.4, 0.5) is 5.69 Å². The van der Waals surface area contributed by atoms with Crippen molar-refractivity contribution in [2.24, 2.45) is 0 Å². The quantitative estimate of drug-likeness (QED) is 0.293. The molecule has 11 nitrogen and oxygen atoms in total. The number of methoxy groups -OCH3 is 1. The maximum atomic E-state index is 13.3. The molecule has 0 atom stereocenters. The Labute approximate surface area is 213 Å². The van der Waals surface area contributed by atoms with Crippen LogP contribution in [0.3, 0.4) is 0 Å². The van der Waals surface area contributed by atoms with Crippen LogP contribution < -0.4 is 20.9 Å². The maximum Gasteiger partial charge on any atom is 0.322 e. The third-order valence-corrected chi connectivity index (χ3v) is 5.55. The Bertz CT molecular complexity index is 1420. The number of aromatic nitrogens is 1. The van der Waals surface area contributed by atoms with E-state index in [1.165, 1.54) is 37.4 Å². The molecule has 0 saturated carbocycles. The Morgan fingerprint density at radius 3 is 2.36 bits per heavy atom. The average Bonchev–Trinajstić information content (AvgIpc) is 2.82. The first-order valence-electron chi connectivity index (χ1n) is 10.1. The van der Waals surface area contributed by atoms with E-state index in [0.717, 1.165) is 0 Å². The van der Waals surface area contributed by atoms with Crippen LogP contribution in [0, 0.1) is 0 Å². The number of carbonyl (C=O) groups excluding carboxylic acids is 2. The Morgan fingerprint density at radius 2 is 1.72 bits per heavy atom. The highest BCUT2D eigenvalue weighted by Crippen LogP contribution is 2.31. The topological polar surface area (TPSA) is 167 Å². The Balaban J connectivity index is 2.18. The van der Waals surface area contributed by atoms with Gasteiger partial charge in [0.2, 0.25) is 5.88 Å². The number of ether oxygens (including phenoxy) is 1. The molecule has 13 heteroatoms. The minimum Gasteiger partial charge on any atom is -0.506 e. The van der Waals surface area contributed by atoms with Gasteiger partial charge < -0.3 is 30.7 Å². The van der Waals surface area contributed by atoms with Gasteiger partial charge in [-0.1, -0.05) is 41.4 Å². The normalized spacial score (nSPS) is 10.5. The fourth-order valence-electron chi connectivity index (χ4n) is 3.26. The van der Waals surface area contributed by atoms with Gasteiger partial charge >= 0.3 is 5.97 Å². The number of pyridine rings is 1. The first-order valence-corrected chi connectivity index (χ1v) is 10.9. The lowest BCUT2D eigenvalue weighted by atomic mass is 10.1. The number of aliphatic carboxylic acids is 1. The van der Waals surface area contributed by atoms with Gasteiger partial charge in [0.1, 0.15) is 23.4 Å². The van der Waals surface area contributed by atoms with Crippen LogP contribution in [-0.2, 0) is 11.3 Å². The summed E-state index contributed by atoms with van der Waals surface area (Å²) in [4.78, 5) is 49.9. The van der Waals surface area contributed by atoms with Crippen molar-refractivity contribution in [2.75, 3.05) is 19.0 Å². The molecule has 36 heavy (non-hydrogen) atoms. The highest BCUT2D eigenvalue weighted by atomic mass is 35.5.